The van der Waals surface area contributed by atoms with Crippen molar-refractivity contribution in [3.63, 3.8) is 0 Å². The first kappa shape index (κ1) is 14.5. The van der Waals surface area contributed by atoms with Crippen molar-refractivity contribution >= 4 is 22.9 Å². The van der Waals surface area contributed by atoms with E-state index in [-0.39, 0.29) is 5.91 Å². The Balaban J connectivity index is 2.00. The second kappa shape index (κ2) is 5.40. The minimum absolute atomic E-state index is 0.263. The molecule has 3 rings (SSSR count). The molecule has 0 aliphatic carbocycles. The number of aryl methyl sites for hydroxylation is 2. The molecule has 0 unspecified atom stereocenters. The van der Waals surface area contributed by atoms with Crippen LogP contribution in [0.4, 0.5) is 0 Å². The van der Waals surface area contributed by atoms with E-state index in [4.69, 9.17) is 0 Å². The molecule has 7 nitrogen and oxygen atoms in total. The first-order valence-electron chi connectivity index (χ1n) is 7.40. The molecule has 0 saturated carbocycles. The van der Waals surface area contributed by atoms with Crippen LogP contribution >= 0.6 is 0 Å². The van der Waals surface area contributed by atoms with E-state index in [9.17, 15) is 14.7 Å². The summed E-state index contributed by atoms with van der Waals surface area (Å²) in [6, 6.07) is 1.03. The maximum Gasteiger partial charge on any atom is 0.326 e. The topological polar surface area (TPSA) is 88.3 Å². The first-order valence-corrected chi connectivity index (χ1v) is 7.40. The predicted molar refractivity (Wildman–Crippen MR) is 79.6 cm³/mol. The molecular weight excluding hydrogens is 284 g/mol. The lowest BCUT2D eigenvalue weighted by Crippen LogP contribution is -2.40. The number of nitrogens with zero attached hydrogens (tertiary/aromatic N) is 4. The zero-order chi connectivity index (χ0) is 15.9. The van der Waals surface area contributed by atoms with Gasteiger partial charge in [0.15, 0.2) is 5.65 Å². The van der Waals surface area contributed by atoms with Gasteiger partial charge in [0.2, 0.25) is 0 Å². The molecule has 1 aliphatic rings. The fourth-order valence-electron chi connectivity index (χ4n) is 2.97. The van der Waals surface area contributed by atoms with Gasteiger partial charge in [0.05, 0.1) is 17.5 Å². The summed E-state index contributed by atoms with van der Waals surface area (Å²) in [5.41, 5.74) is 1.80. The molecule has 1 aliphatic heterocycles. The highest BCUT2D eigenvalue weighted by atomic mass is 16.4. The molecule has 0 bridgehead atoms. The molecule has 2 aromatic rings. The van der Waals surface area contributed by atoms with E-state index >= 15 is 0 Å². The van der Waals surface area contributed by atoms with E-state index in [2.05, 4.69) is 10.1 Å². The molecule has 3 heterocycles. The Hall–Kier alpha value is -2.44. The Bertz CT molecular complexity index is 753. The van der Waals surface area contributed by atoms with Crippen molar-refractivity contribution in [2.75, 3.05) is 6.54 Å². The van der Waals surface area contributed by atoms with Gasteiger partial charge in [-0.05, 0) is 32.8 Å². The number of carboxylic acid groups (broad SMARTS) is 1. The largest absolute Gasteiger partial charge is 0.480 e. The number of pyridine rings is 1. The molecule has 1 atom stereocenters. The molecule has 0 radical (unpaired) electrons. The van der Waals surface area contributed by atoms with Crippen molar-refractivity contribution in [2.24, 2.45) is 0 Å². The van der Waals surface area contributed by atoms with E-state index in [0.717, 1.165) is 11.0 Å². The van der Waals surface area contributed by atoms with Crippen LogP contribution in [-0.2, 0) is 11.3 Å². The lowest BCUT2D eigenvalue weighted by Gasteiger charge is -2.22. The van der Waals surface area contributed by atoms with E-state index in [1.54, 1.807) is 23.9 Å². The van der Waals surface area contributed by atoms with Crippen LogP contribution in [0.1, 0.15) is 35.8 Å². The maximum atomic E-state index is 12.7. The molecule has 1 fully saturated rings. The van der Waals surface area contributed by atoms with E-state index in [1.807, 2.05) is 6.92 Å². The second-order valence-corrected chi connectivity index (χ2v) is 5.49. The van der Waals surface area contributed by atoms with Gasteiger partial charge >= 0.3 is 5.97 Å². The van der Waals surface area contributed by atoms with Crippen molar-refractivity contribution in [2.45, 2.75) is 39.3 Å². The van der Waals surface area contributed by atoms with Gasteiger partial charge < -0.3 is 10.0 Å². The summed E-state index contributed by atoms with van der Waals surface area (Å²) in [6.45, 7) is 4.92. The molecule has 0 spiro atoms. The van der Waals surface area contributed by atoms with Gasteiger partial charge in [-0.25, -0.2) is 14.5 Å². The van der Waals surface area contributed by atoms with Crippen LogP contribution in [0.2, 0.25) is 0 Å². The Labute approximate surface area is 127 Å². The van der Waals surface area contributed by atoms with Crippen molar-refractivity contribution in [3.05, 3.63) is 23.5 Å². The van der Waals surface area contributed by atoms with E-state index in [1.165, 1.54) is 4.90 Å². The Kier molecular flexibility index (Phi) is 3.56. The van der Waals surface area contributed by atoms with Gasteiger partial charge in [-0.15, -0.1) is 0 Å². The van der Waals surface area contributed by atoms with Gasteiger partial charge in [-0.3, -0.25) is 4.79 Å². The molecule has 22 heavy (non-hydrogen) atoms. The highest BCUT2D eigenvalue weighted by molar-refractivity contribution is 6.00. The number of hydrogen-bond donors (Lipinski definition) is 1. The summed E-state index contributed by atoms with van der Waals surface area (Å²) < 4.78 is 1.77. The summed E-state index contributed by atoms with van der Waals surface area (Å²) in [4.78, 5) is 29.9. The van der Waals surface area contributed by atoms with Gasteiger partial charge in [-0.2, -0.15) is 5.10 Å². The van der Waals surface area contributed by atoms with Gasteiger partial charge in [-0.1, -0.05) is 0 Å². The van der Waals surface area contributed by atoms with Crippen LogP contribution in [0.15, 0.2) is 12.3 Å². The lowest BCUT2D eigenvalue weighted by atomic mass is 10.1. The number of aromatic nitrogens is 3. The predicted octanol–water partition coefficient (Wildman–Crippen LogP) is 1.45. The van der Waals surface area contributed by atoms with Gasteiger partial charge in [0.1, 0.15) is 6.04 Å². The highest BCUT2D eigenvalue weighted by Gasteiger charge is 2.35. The number of carboxylic acids is 1. The van der Waals surface area contributed by atoms with Crippen molar-refractivity contribution in [1.82, 2.24) is 19.7 Å². The van der Waals surface area contributed by atoms with E-state index in [0.29, 0.717) is 37.2 Å². The van der Waals surface area contributed by atoms with Crippen LogP contribution in [0.3, 0.4) is 0 Å². The summed E-state index contributed by atoms with van der Waals surface area (Å²) in [5.74, 6) is -1.21. The number of carbonyl (C=O) groups is 2. The number of carbonyl (C=O) groups excluding carboxylic acids is 1. The molecular formula is C15H18N4O3. The molecule has 2 aromatic heterocycles. The van der Waals surface area contributed by atoms with Crippen LogP contribution in [0.5, 0.6) is 0 Å². The molecule has 1 amide bonds. The normalized spacial score (nSPS) is 18.1. The third-order valence-electron chi connectivity index (χ3n) is 4.13. The van der Waals surface area contributed by atoms with Crippen molar-refractivity contribution < 1.29 is 14.7 Å². The zero-order valence-electron chi connectivity index (χ0n) is 12.6. The number of rotatable bonds is 3. The first-order chi connectivity index (χ1) is 10.5. The van der Waals surface area contributed by atoms with Crippen LogP contribution in [0, 0.1) is 6.92 Å². The lowest BCUT2D eigenvalue weighted by molar-refractivity contribution is -0.141. The van der Waals surface area contributed by atoms with Crippen molar-refractivity contribution in [1.29, 1.82) is 0 Å². The number of aliphatic carboxylic acids is 1. The Morgan fingerprint density at radius 3 is 2.91 bits per heavy atom. The molecule has 1 N–H and O–H groups in total. The SMILES string of the molecule is CCn1ncc2cc(C(=O)N3CCC[C@H]3C(=O)O)c(C)nc21. The minimum atomic E-state index is -0.948. The molecule has 116 valence electrons. The second-order valence-electron chi connectivity index (χ2n) is 5.49. The molecule has 1 saturated heterocycles. The molecule has 0 aromatic carbocycles. The summed E-state index contributed by atoms with van der Waals surface area (Å²) >= 11 is 0. The van der Waals surface area contributed by atoms with E-state index < -0.39 is 12.0 Å². The number of hydrogen-bond acceptors (Lipinski definition) is 4. The monoisotopic (exact) mass is 302 g/mol. The minimum Gasteiger partial charge on any atom is -0.480 e. The number of likely N-dealkylation sites (tertiary alicyclic amines) is 1. The Morgan fingerprint density at radius 2 is 2.23 bits per heavy atom. The molecule has 7 heteroatoms. The fraction of sp³-hybridized carbons (Fsp3) is 0.467. The standard InChI is InChI=1S/C15H18N4O3/c1-3-19-13-10(8-16-19)7-11(9(2)17-13)14(20)18-6-4-5-12(18)15(21)22/h7-8,12H,3-6H2,1-2H3,(H,21,22)/t12-/m0/s1. The highest BCUT2D eigenvalue weighted by Crippen LogP contribution is 2.23. The Morgan fingerprint density at radius 1 is 1.45 bits per heavy atom. The maximum absolute atomic E-state index is 12.7. The third kappa shape index (κ3) is 2.22. The average molecular weight is 302 g/mol. The summed E-state index contributed by atoms with van der Waals surface area (Å²) in [6.07, 6.45) is 2.90. The van der Waals surface area contributed by atoms with Crippen LogP contribution < -0.4 is 0 Å². The zero-order valence-corrected chi connectivity index (χ0v) is 12.6. The van der Waals surface area contributed by atoms with Crippen LogP contribution in [-0.4, -0.2) is 49.2 Å². The smallest absolute Gasteiger partial charge is 0.326 e. The fourth-order valence-corrected chi connectivity index (χ4v) is 2.97. The average Bonchev–Trinajstić information content (AvgIpc) is 3.12. The quantitative estimate of drug-likeness (QED) is 0.927. The van der Waals surface area contributed by atoms with Crippen molar-refractivity contribution in [3.8, 4) is 0 Å². The number of fused-ring (bicyclic) bond motifs is 1. The summed E-state index contributed by atoms with van der Waals surface area (Å²) in [5, 5.41) is 14.3. The summed E-state index contributed by atoms with van der Waals surface area (Å²) in [7, 11) is 0. The van der Waals surface area contributed by atoms with Gasteiger partial charge in [0, 0.05) is 18.5 Å². The van der Waals surface area contributed by atoms with Gasteiger partial charge in [0.25, 0.3) is 5.91 Å². The van der Waals surface area contributed by atoms with Crippen LogP contribution in [0.25, 0.3) is 11.0 Å². The third-order valence-corrected chi connectivity index (χ3v) is 4.13. The number of amides is 1.